The Labute approximate surface area is 115 Å². The number of benzene rings is 1. The lowest BCUT2D eigenvalue weighted by atomic mass is 9.99. The third-order valence-corrected chi connectivity index (χ3v) is 2.67. The predicted octanol–water partition coefficient (Wildman–Crippen LogP) is 1.33. The first kappa shape index (κ1) is 15.6. The zero-order valence-electron chi connectivity index (χ0n) is 11.1. The fourth-order valence-electron chi connectivity index (χ4n) is 1.62. The normalized spacial score (nSPS) is 12.3. The Balaban J connectivity index is 2.75. The van der Waals surface area contributed by atoms with Crippen LogP contribution < -0.4 is 0 Å². The van der Waals surface area contributed by atoms with Gasteiger partial charge in [0.05, 0.1) is 0 Å². The molecule has 7 heteroatoms. The van der Waals surface area contributed by atoms with Gasteiger partial charge in [0.15, 0.2) is 5.60 Å². The van der Waals surface area contributed by atoms with Gasteiger partial charge in [-0.15, -0.1) is 0 Å². The maximum Gasteiger partial charge on any atom is 0.386 e. The fraction of sp³-hybridized carbons (Fsp3) is 0.385. The van der Waals surface area contributed by atoms with E-state index >= 15 is 0 Å². The molecule has 108 valence electrons. The van der Waals surface area contributed by atoms with E-state index in [1.165, 1.54) is 13.8 Å². The minimum atomic E-state index is -1.78. The molecule has 0 aliphatic carbocycles. The van der Waals surface area contributed by atoms with Crippen molar-refractivity contribution in [3.63, 3.8) is 0 Å². The Hall–Kier alpha value is -2.44. The second-order valence-electron chi connectivity index (χ2n) is 4.60. The molecule has 7 nitrogen and oxygen atoms in total. The molecule has 0 heterocycles. The summed E-state index contributed by atoms with van der Waals surface area (Å²) in [5.74, 6) is -1.05. The maximum atomic E-state index is 11.8. The number of rotatable bonds is 7. The molecular weight excluding hydrogens is 266 g/mol. The molecule has 0 N–H and O–H groups in total. The molecule has 1 unspecified atom stereocenters. The molecule has 0 fully saturated rings. The van der Waals surface area contributed by atoms with Gasteiger partial charge >= 0.3 is 12.0 Å². The van der Waals surface area contributed by atoms with E-state index in [0.29, 0.717) is 5.56 Å². The van der Waals surface area contributed by atoms with Gasteiger partial charge in [0.2, 0.25) is 0 Å². The molecule has 0 aliphatic heterocycles. The summed E-state index contributed by atoms with van der Waals surface area (Å²) in [5.41, 5.74) is -0.879. The molecule has 1 aromatic rings. The Morgan fingerprint density at radius 3 is 2.50 bits per heavy atom. The van der Waals surface area contributed by atoms with Gasteiger partial charge in [-0.2, -0.15) is 0 Å². The Morgan fingerprint density at radius 1 is 1.40 bits per heavy atom. The van der Waals surface area contributed by atoms with Crippen LogP contribution >= 0.6 is 0 Å². The van der Waals surface area contributed by atoms with E-state index in [9.17, 15) is 19.7 Å². The first-order valence-electron chi connectivity index (χ1n) is 5.84. The highest BCUT2D eigenvalue weighted by molar-refractivity contribution is 5.76. The largest absolute Gasteiger partial charge is 0.456 e. The van der Waals surface area contributed by atoms with Crippen molar-refractivity contribution in [2.75, 3.05) is 0 Å². The van der Waals surface area contributed by atoms with Crippen molar-refractivity contribution < 1.29 is 24.0 Å². The number of carbonyl (C=O) groups is 2. The smallest absolute Gasteiger partial charge is 0.386 e. The number of hydrogen-bond acceptors (Lipinski definition) is 6. The molecule has 1 rings (SSSR count). The molecular formula is C13H15NO6. The number of ether oxygens (including phenoxy) is 2. The van der Waals surface area contributed by atoms with Gasteiger partial charge in [-0.1, -0.05) is 30.3 Å². The number of nitro groups is 1. The van der Waals surface area contributed by atoms with Crippen molar-refractivity contribution in [1.29, 1.82) is 0 Å². The fourth-order valence-corrected chi connectivity index (χ4v) is 1.62. The highest BCUT2D eigenvalue weighted by Gasteiger charge is 2.48. The van der Waals surface area contributed by atoms with E-state index in [-0.39, 0.29) is 13.1 Å². The Bertz CT molecular complexity index is 485. The van der Waals surface area contributed by atoms with Crippen LogP contribution in [0.1, 0.15) is 19.4 Å². The zero-order chi connectivity index (χ0) is 15.2. The van der Waals surface area contributed by atoms with Crippen molar-refractivity contribution in [3.8, 4) is 0 Å². The van der Waals surface area contributed by atoms with Crippen LogP contribution in [0.25, 0.3) is 0 Å². The monoisotopic (exact) mass is 281 g/mol. The van der Waals surface area contributed by atoms with Crippen LogP contribution in [0.4, 0.5) is 0 Å². The molecule has 20 heavy (non-hydrogen) atoms. The summed E-state index contributed by atoms with van der Waals surface area (Å²) in [6.45, 7) is 2.54. The molecule has 0 amide bonds. The van der Waals surface area contributed by atoms with Crippen LogP contribution in [-0.2, 0) is 25.7 Å². The van der Waals surface area contributed by atoms with Crippen LogP contribution in [0.2, 0.25) is 0 Å². The van der Waals surface area contributed by atoms with Gasteiger partial charge in [-0.25, -0.2) is 4.79 Å². The van der Waals surface area contributed by atoms with Crippen molar-refractivity contribution in [2.24, 2.45) is 0 Å². The van der Waals surface area contributed by atoms with Gasteiger partial charge in [-0.05, 0) is 19.4 Å². The van der Waals surface area contributed by atoms with Crippen molar-refractivity contribution in [2.45, 2.75) is 32.1 Å². The van der Waals surface area contributed by atoms with Gasteiger partial charge < -0.3 is 9.47 Å². The highest BCUT2D eigenvalue weighted by Crippen LogP contribution is 2.18. The summed E-state index contributed by atoms with van der Waals surface area (Å²) in [5, 5.41) is 11.0. The summed E-state index contributed by atoms with van der Waals surface area (Å²) < 4.78 is 9.51. The van der Waals surface area contributed by atoms with E-state index in [1.54, 1.807) is 30.3 Å². The van der Waals surface area contributed by atoms with E-state index in [1.807, 2.05) is 0 Å². The average molecular weight is 281 g/mol. The molecule has 1 atom stereocenters. The third-order valence-electron chi connectivity index (χ3n) is 2.67. The second-order valence-corrected chi connectivity index (χ2v) is 4.60. The summed E-state index contributed by atoms with van der Waals surface area (Å²) in [6.07, 6.45) is 0. The number of hydrogen-bond donors (Lipinski definition) is 0. The Kier molecular flexibility index (Phi) is 5.19. The molecule has 0 radical (unpaired) electrons. The Morgan fingerprint density at radius 2 is 2.00 bits per heavy atom. The van der Waals surface area contributed by atoms with Crippen molar-refractivity contribution in [3.05, 3.63) is 46.0 Å². The zero-order valence-corrected chi connectivity index (χ0v) is 11.1. The summed E-state index contributed by atoms with van der Waals surface area (Å²) >= 11 is 0. The molecule has 0 saturated carbocycles. The van der Waals surface area contributed by atoms with Crippen molar-refractivity contribution >= 4 is 12.4 Å². The minimum absolute atomic E-state index is 0.0704. The van der Waals surface area contributed by atoms with E-state index in [0.717, 1.165) is 0 Å². The third kappa shape index (κ3) is 4.04. The molecule has 0 aromatic heterocycles. The van der Waals surface area contributed by atoms with Crippen LogP contribution in [-0.4, -0.2) is 29.0 Å². The second kappa shape index (κ2) is 6.65. The van der Waals surface area contributed by atoms with Gasteiger partial charge in [-0.3, -0.25) is 14.9 Å². The first-order chi connectivity index (χ1) is 9.38. The quantitative estimate of drug-likeness (QED) is 0.324. The molecule has 1 aromatic carbocycles. The average Bonchev–Trinajstić information content (AvgIpc) is 2.36. The minimum Gasteiger partial charge on any atom is -0.456 e. The van der Waals surface area contributed by atoms with E-state index in [4.69, 9.17) is 4.74 Å². The highest BCUT2D eigenvalue weighted by atomic mass is 16.6. The maximum absolute atomic E-state index is 11.8. The van der Waals surface area contributed by atoms with E-state index < -0.39 is 22.5 Å². The number of nitrogens with zero attached hydrogens (tertiary/aromatic N) is 1. The summed E-state index contributed by atoms with van der Waals surface area (Å²) in [7, 11) is 0. The van der Waals surface area contributed by atoms with Gasteiger partial charge in [0, 0.05) is 4.92 Å². The summed E-state index contributed by atoms with van der Waals surface area (Å²) in [6, 6.07) is 6.98. The predicted molar refractivity (Wildman–Crippen MR) is 68.2 cm³/mol. The van der Waals surface area contributed by atoms with Gasteiger partial charge in [0.1, 0.15) is 6.61 Å². The SMILES string of the molecule is CC(C)(OC=O)C(C(=O)OCc1ccccc1)[N+](=O)[O-]. The van der Waals surface area contributed by atoms with Crippen LogP contribution in [0.5, 0.6) is 0 Å². The molecule has 0 spiro atoms. The van der Waals surface area contributed by atoms with Gasteiger partial charge in [0.25, 0.3) is 6.47 Å². The number of esters is 1. The van der Waals surface area contributed by atoms with Crippen LogP contribution in [0.3, 0.4) is 0 Å². The topological polar surface area (TPSA) is 95.7 Å². The standard InChI is InChI=1S/C13H15NO6/c1-13(2,20-9-15)11(14(17)18)12(16)19-8-10-6-4-3-5-7-10/h3-7,9,11H,8H2,1-2H3. The van der Waals surface area contributed by atoms with Crippen LogP contribution in [0.15, 0.2) is 30.3 Å². The van der Waals surface area contributed by atoms with E-state index in [2.05, 4.69) is 4.74 Å². The lowest BCUT2D eigenvalue weighted by Gasteiger charge is -2.24. The summed E-state index contributed by atoms with van der Waals surface area (Å²) in [4.78, 5) is 32.3. The lowest BCUT2D eigenvalue weighted by molar-refractivity contribution is -0.529. The lowest BCUT2D eigenvalue weighted by Crippen LogP contribution is -2.50. The first-order valence-corrected chi connectivity index (χ1v) is 5.84. The molecule has 0 saturated heterocycles. The molecule has 0 bridgehead atoms. The molecule has 0 aliphatic rings. The number of carbonyl (C=O) groups excluding carboxylic acids is 2. The van der Waals surface area contributed by atoms with Crippen molar-refractivity contribution in [1.82, 2.24) is 0 Å². The van der Waals surface area contributed by atoms with Crippen LogP contribution in [0, 0.1) is 10.1 Å².